The number of Topliss-reactive ketones (excluding diaryl/α,β-unsaturated/α-hetero) is 1. The Hall–Kier alpha value is -2.63. The van der Waals surface area contributed by atoms with Gasteiger partial charge in [0.2, 0.25) is 0 Å². The van der Waals surface area contributed by atoms with Crippen molar-refractivity contribution < 1.29 is 18.7 Å². The number of halogens is 1. The summed E-state index contributed by atoms with van der Waals surface area (Å²) in [6.07, 6.45) is 8.13. The van der Waals surface area contributed by atoms with Crippen LogP contribution in [0.4, 0.5) is 4.39 Å². The molecular formula is C20H21FN2O3. The van der Waals surface area contributed by atoms with Crippen LogP contribution >= 0.6 is 0 Å². The highest BCUT2D eigenvalue weighted by molar-refractivity contribution is 5.77. The highest BCUT2D eigenvalue weighted by Gasteiger charge is 2.28. The number of carbonyl (C=O) groups excluding carboxylic acids is 2. The fraction of sp³-hybridized carbons (Fsp3) is 0.400. The number of benzene rings is 1. The van der Waals surface area contributed by atoms with Gasteiger partial charge in [0, 0.05) is 30.3 Å². The number of hydrogen-bond acceptors (Lipinski definition) is 5. The lowest BCUT2D eigenvalue weighted by Crippen LogP contribution is -2.32. The zero-order valence-electron chi connectivity index (χ0n) is 14.7. The molecule has 0 saturated heterocycles. The van der Waals surface area contributed by atoms with Crippen molar-refractivity contribution in [3.05, 3.63) is 42.0 Å². The van der Waals surface area contributed by atoms with E-state index in [1.165, 1.54) is 12.1 Å². The minimum atomic E-state index is -0.577. The number of aldehydes is 1. The number of ketones is 1. The first-order chi connectivity index (χ1) is 12.6. The summed E-state index contributed by atoms with van der Waals surface area (Å²) in [5.74, 6) is -0.204. The number of rotatable bonds is 6. The van der Waals surface area contributed by atoms with Gasteiger partial charge in [0.05, 0.1) is 5.56 Å². The third-order valence-electron chi connectivity index (χ3n) is 4.73. The Labute approximate surface area is 151 Å². The quantitative estimate of drug-likeness (QED) is 0.732. The second-order valence-electron chi connectivity index (χ2n) is 6.72. The highest BCUT2D eigenvalue weighted by Crippen LogP contribution is 2.30. The summed E-state index contributed by atoms with van der Waals surface area (Å²) in [5, 5.41) is 0. The van der Waals surface area contributed by atoms with E-state index in [1.54, 1.807) is 25.4 Å². The van der Waals surface area contributed by atoms with Gasteiger partial charge in [0.25, 0.3) is 0 Å². The summed E-state index contributed by atoms with van der Waals surface area (Å²) in [4.78, 5) is 30.6. The number of hydrogen-bond donors (Lipinski definition) is 0. The summed E-state index contributed by atoms with van der Waals surface area (Å²) in [7, 11) is 0. The Morgan fingerprint density at radius 3 is 2.62 bits per heavy atom. The molecule has 1 fully saturated rings. The van der Waals surface area contributed by atoms with Crippen molar-refractivity contribution in [2.75, 3.05) is 0 Å². The van der Waals surface area contributed by atoms with Crippen LogP contribution in [0.5, 0.6) is 6.01 Å². The maximum atomic E-state index is 13.7. The summed E-state index contributed by atoms with van der Waals surface area (Å²) in [6.45, 7) is 1.60. The molecule has 0 bridgehead atoms. The maximum Gasteiger partial charge on any atom is 0.316 e. The second kappa shape index (κ2) is 8.17. The summed E-state index contributed by atoms with van der Waals surface area (Å²) < 4.78 is 19.7. The zero-order chi connectivity index (χ0) is 18.5. The minimum Gasteiger partial charge on any atom is -0.460 e. The van der Waals surface area contributed by atoms with Crippen molar-refractivity contribution in [2.24, 2.45) is 5.92 Å². The normalized spacial score (nSPS) is 19.8. The van der Waals surface area contributed by atoms with Crippen LogP contribution in [0.3, 0.4) is 0 Å². The third kappa shape index (κ3) is 4.31. The van der Waals surface area contributed by atoms with Gasteiger partial charge in [-0.3, -0.25) is 4.79 Å². The first-order valence-electron chi connectivity index (χ1n) is 8.80. The Morgan fingerprint density at radius 2 is 1.96 bits per heavy atom. The van der Waals surface area contributed by atoms with Crippen LogP contribution in [-0.4, -0.2) is 28.1 Å². The molecular weight excluding hydrogens is 335 g/mol. The van der Waals surface area contributed by atoms with Crippen molar-refractivity contribution in [1.82, 2.24) is 9.97 Å². The van der Waals surface area contributed by atoms with E-state index in [9.17, 15) is 14.0 Å². The van der Waals surface area contributed by atoms with E-state index in [4.69, 9.17) is 4.74 Å². The number of ether oxygens (including phenoxy) is 1. The lowest BCUT2D eigenvalue weighted by Gasteiger charge is -2.30. The van der Waals surface area contributed by atoms with Crippen LogP contribution < -0.4 is 4.74 Å². The summed E-state index contributed by atoms with van der Waals surface area (Å²) >= 11 is 0. The monoisotopic (exact) mass is 356 g/mol. The van der Waals surface area contributed by atoms with E-state index in [1.807, 2.05) is 0 Å². The lowest BCUT2D eigenvalue weighted by atomic mass is 9.83. The van der Waals surface area contributed by atoms with Crippen molar-refractivity contribution in [2.45, 2.75) is 45.1 Å². The molecule has 26 heavy (non-hydrogen) atoms. The van der Waals surface area contributed by atoms with E-state index < -0.39 is 5.82 Å². The molecule has 6 heteroatoms. The van der Waals surface area contributed by atoms with Crippen LogP contribution in [0.15, 0.2) is 30.6 Å². The van der Waals surface area contributed by atoms with Gasteiger partial charge < -0.3 is 9.53 Å². The molecule has 1 aliphatic carbocycles. The van der Waals surface area contributed by atoms with Gasteiger partial charge in [-0.1, -0.05) is 12.5 Å². The maximum absolute atomic E-state index is 13.7. The molecule has 136 valence electrons. The molecule has 5 nitrogen and oxygen atoms in total. The molecule has 2 aromatic rings. The highest BCUT2D eigenvalue weighted by atomic mass is 19.1. The molecule has 0 amide bonds. The van der Waals surface area contributed by atoms with Crippen molar-refractivity contribution in [3.63, 3.8) is 0 Å². The van der Waals surface area contributed by atoms with Crippen LogP contribution in [-0.2, 0) is 4.79 Å². The molecule has 0 spiro atoms. The molecule has 0 radical (unpaired) electrons. The Balaban J connectivity index is 1.71. The molecule has 1 heterocycles. The first-order valence-corrected chi connectivity index (χ1v) is 8.80. The third-order valence-corrected chi connectivity index (χ3v) is 4.73. The fourth-order valence-electron chi connectivity index (χ4n) is 3.40. The Kier molecular flexibility index (Phi) is 5.71. The van der Waals surface area contributed by atoms with Crippen molar-refractivity contribution in [3.8, 4) is 17.1 Å². The standard InChI is InChI=1S/C20H21FN2O3/c1-13(25)8-15-4-2-3-5-19(15)26-20-22-10-17(11-23-20)14-6-7-16(12-24)18(21)9-14/h6-7,9-12,15,19H,2-5,8H2,1H3. The minimum absolute atomic E-state index is 0.0171. The topological polar surface area (TPSA) is 69.2 Å². The van der Waals surface area contributed by atoms with Gasteiger partial charge in [-0.25, -0.2) is 14.4 Å². The summed E-state index contributed by atoms with van der Waals surface area (Å²) in [6, 6.07) is 4.62. The predicted molar refractivity (Wildman–Crippen MR) is 94.5 cm³/mol. The SMILES string of the molecule is CC(=O)CC1CCCCC1Oc1ncc(-c2ccc(C=O)c(F)c2)cn1. The van der Waals surface area contributed by atoms with E-state index in [-0.39, 0.29) is 29.4 Å². The molecule has 2 atom stereocenters. The van der Waals surface area contributed by atoms with Crippen LogP contribution in [0.25, 0.3) is 11.1 Å². The van der Waals surface area contributed by atoms with E-state index in [0.717, 1.165) is 25.7 Å². The van der Waals surface area contributed by atoms with E-state index in [0.29, 0.717) is 23.8 Å². The van der Waals surface area contributed by atoms with Gasteiger partial charge in [-0.15, -0.1) is 0 Å². The van der Waals surface area contributed by atoms with Crippen molar-refractivity contribution >= 4 is 12.1 Å². The second-order valence-corrected chi connectivity index (χ2v) is 6.72. The van der Waals surface area contributed by atoms with Crippen LogP contribution in [0.1, 0.15) is 49.4 Å². The number of carbonyl (C=O) groups is 2. The van der Waals surface area contributed by atoms with E-state index in [2.05, 4.69) is 9.97 Å². The van der Waals surface area contributed by atoms with Gasteiger partial charge in [-0.2, -0.15) is 0 Å². The molecule has 0 aliphatic heterocycles. The van der Waals surface area contributed by atoms with Gasteiger partial charge >= 0.3 is 6.01 Å². The predicted octanol–water partition coefficient (Wildman–Crippen LogP) is 4.01. The average molecular weight is 356 g/mol. The number of aromatic nitrogens is 2. The van der Waals surface area contributed by atoms with Crippen molar-refractivity contribution in [1.29, 1.82) is 0 Å². The molecule has 1 aromatic heterocycles. The van der Waals surface area contributed by atoms with Gasteiger partial charge in [0.1, 0.15) is 17.7 Å². The van der Waals surface area contributed by atoms with E-state index >= 15 is 0 Å². The Bertz CT molecular complexity index is 792. The first kappa shape index (κ1) is 18.2. The number of nitrogens with zero attached hydrogens (tertiary/aromatic N) is 2. The molecule has 1 aliphatic rings. The molecule has 2 unspecified atom stereocenters. The smallest absolute Gasteiger partial charge is 0.316 e. The summed E-state index contributed by atoms with van der Waals surface area (Å²) in [5.41, 5.74) is 1.24. The molecule has 0 N–H and O–H groups in total. The van der Waals surface area contributed by atoms with Gasteiger partial charge in [-0.05, 0) is 43.9 Å². The lowest BCUT2D eigenvalue weighted by molar-refractivity contribution is -0.119. The van der Waals surface area contributed by atoms with Gasteiger partial charge in [0.15, 0.2) is 6.29 Å². The zero-order valence-corrected chi connectivity index (χ0v) is 14.7. The fourth-order valence-corrected chi connectivity index (χ4v) is 3.40. The average Bonchev–Trinajstić information content (AvgIpc) is 2.63. The Morgan fingerprint density at radius 1 is 1.23 bits per heavy atom. The molecule has 3 rings (SSSR count). The van der Waals surface area contributed by atoms with Crippen LogP contribution in [0, 0.1) is 11.7 Å². The largest absolute Gasteiger partial charge is 0.460 e. The molecule has 1 aromatic carbocycles. The molecule has 1 saturated carbocycles. The van der Waals surface area contributed by atoms with Crippen LogP contribution in [0.2, 0.25) is 0 Å².